The summed E-state index contributed by atoms with van der Waals surface area (Å²) in [5.74, 6) is 1.64. The van der Waals surface area contributed by atoms with Crippen LogP contribution < -0.4 is 16.0 Å². The molecular weight excluding hydrogens is 465 g/mol. The number of halogens is 1. The van der Waals surface area contributed by atoms with E-state index in [0.717, 1.165) is 19.0 Å². The minimum Gasteiger partial charge on any atom is -0.357 e. The van der Waals surface area contributed by atoms with E-state index in [9.17, 15) is 4.79 Å². The Morgan fingerprint density at radius 1 is 1.00 bits per heavy atom. The Morgan fingerprint density at radius 3 is 2.29 bits per heavy atom. The molecule has 1 heterocycles. The second-order valence-corrected chi connectivity index (χ2v) is 8.69. The van der Waals surface area contributed by atoms with Crippen LogP contribution in [0.25, 0.3) is 0 Å². The fourth-order valence-electron chi connectivity index (χ4n) is 4.15. The van der Waals surface area contributed by atoms with Crippen molar-refractivity contribution in [3.05, 3.63) is 0 Å². The first-order valence-corrected chi connectivity index (χ1v) is 11.0. The van der Waals surface area contributed by atoms with Crippen LogP contribution in [0.15, 0.2) is 4.99 Å². The van der Waals surface area contributed by atoms with Crippen molar-refractivity contribution in [3.8, 4) is 0 Å². The molecule has 2 rings (SSSR count). The van der Waals surface area contributed by atoms with Crippen molar-refractivity contribution in [2.24, 2.45) is 10.9 Å². The average Bonchev–Trinajstić information content (AvgIpc) is 3.17. The lowest BCUT2D eigenvalue weighted by Gasteiger charge is -2.40. The zero-order valence-electron chi connectivity index (χ0n) is 18.2. The third-order valence-corrected chi connectivity index (χ3v) is 5.87. The van der Waals surface area contributed by atoms with Gasteiger partial charge in [0.15, 0.2) is 5.96 Å². The van der Waals surface area contributed by atoms with Crippen LogP contribution >= 0.6 is 24.0 Å². The van der Waals surface area contributed by atoms with Gasteiger partial charge < -0.3 is 16.0 Å². The number of nitrogens with zero attached hydrogens (tertiary/aromatic N) is 2. The number of likely N-dealkylation sites (tertiary alicyclic amines) is 1. The molecule has 1 saturated heterocycles. The standard InChI is InChI=1S/C21H41N5O.HI/c1-4-22-20(25-17-21(2,3)26-14-8-5-9-15-26)24-13-12-23-19(27)16-18-10-6-7-11-18;/h18H,4-17H2,1-3H3,(H,23,27)(H2,22,24,25);1H. The molecule has 2 fully saturated rings. The van der Waals surface area contributed by atoms with Gasteiger partial charge in [0.05, 0.1) is 6.54 Å². The first kappa shape index (κ1) is 25.5. The fourth-order valence-corrected chi connectivity index (χ4v) is 4.15. The van der Waals surface area contributed by atoms with Crippen molar-refractivity contribution in [2.75, 3.05) is 39.3 Å². The molecule has 0 aromatic carbocycles. The van der Waals surface area contributed by atoms with Crippen LogP contribution in [0.3, 0.4) is 0 Å². The van der Waals surface area contributed by atoms with Crippen LogP contribution in [-0.4, -0.2) is 61.6 Å². The van der Waals surface area contributed by atoms with E-state index in [4.69, 9.17) is 4.99 Å². The molecule has 1 saturated carbocycles. The highest BCUT2D eigenvalue weighted by Crippen LogP contribution is 2.27. The van der Waals surface area contributed by atoms with Crippen LogP contribution in [0.1, 0.15) is 72.1 Å². The van der Waals surface area contributed by atoms with E-state index in [-0.39, 0.29) is 35.4 Å². The van der Waals surface area contributed by atoms with E-state index in [1.165, 1.54) is 58.0 Å². The van der Waals surface area contributed by atoms with Crippen molar-refractivity contribution < 1.29 is 4.79 Å². The number of guanidine groups is 1. The summed E-state index contributed by atoms with van der Waals surface area (Å²) in [7, 11) is 0. The molecule has 1 aliphatic heterocycles. The molecule has 0 radical (unpaired) electrons. The molecule has 0 aromatic heterocycles. The molecular formula is C21H42IN5O. The molecule has 0 bridgehead atoms. The zero-order valence-corrected chi connectivity index (χ0v) is 20.5. The van der Waals surface area contributed by atoms with Crippen LogP contribution in [0.2, 0.25) is 0 Å². The minimum atomic E-state index is 0. The molecule has 164 valence electrons. The lowest BCUT2D eigenvalue weighted by molar-refractivity contribution is -0.121. The van der Waals surface area contributed by atoms with Crippen LogP contribution in [0.4, 0.5) is 0 Å². The number of piperidine rings is 1. The first-order chi connectivity index (χ1) is 13.0. The van der Waals surface area contributed by atoms with Crippen LogP contribution in [0, 0.1) is 5.92 Å². The SMILES string of the molecule is CCNC(=NCC(C)(C)N1CCCCC1)NCCNC(=O)CC1CCCC1.I. The maximum atomic E-state index is 12.0. The molecule has 0 spiro atoms. The maximum absolute atomic E-state index is 12.0. The highest BCUT2D eigenvalue weighted by molar-refractivity contribution is 14.0. The van der Waals surface area contributed by atoms with Crippen molar-refractivity contribution in [1.82, 2.24) is 20.9 Å². The lowest BCUT2D eigenvalue weighted by atomic mass is 9.99. The topological polar surface area (TPSA) is 68.8 Å². The summed E-state index contributed by atoms with van der Waals surface area (Å²) in [6, 6.07) is 0. The van der Waals surface area contributed by atoms with Gasteiger partial charge in [-0.05, 0) is 65.5 Å². The first-order valence-electron chi connectivity index (χ1n) is 11.0. The Kier molecular flexibility index (Phi) is 12.4. The highest BCUT2D eigenvalue weighted by Gasteiger charge is 2.27. The third-order valence-electron chi connectivity index (χ3n) is 5.87. The molecule has 2 aliphatic rings. The molecule has 7 heteroatoms. The van der Waals surface area contributed by atoms with Gasteiger partial charge in [-0.2, -0.15) is 0 Å². The summed E-state index contributed by atoms with van der Waals surface area (Å²) in [5, 5.41) is 9.70. The average molecular weight is 508 g/mol. The van der Waals surface area contributed by atoms with Crippen LogP contribution in [0.5, 0.6) is 0 Å². The predicted octanol–water partition coefficient (Wildman–Crippen LogP) is 3.12. The smallest absolute Gasteiger partial charge is 0.220 e. The number of rotatable bonds is 9. The summed E-state index contributed by atoms with van der Waals surface area (Å²) < 4.78 is 0. The molecule has 6 nitrogen and oxygen atoms in total. The number of hydrogen-bond donors (Lipinski definition) is 3. The van der Waals surface area contributed by atoms with Gasteiger partial charge in [0.1, 0.15) is 0 Å². The fraction of sp³-hybridized carbons (Fsp3) is 0.905. The summed E-state index contributed by atoms with van der Waals surface area (Å²) >= 11 is 0. The number of aliphatic imine (C=N–C) groups is 1. The van der Waals surface area contributed by atoms with Gasteiger partial charge in [-0.1, -0.05) is 19.3 Å². The molecule has 28 heavy (non-hydrogen) atoms. The van der Waals surface area contributed by atoms with E-state index in [1.807, 2.05) is 0 Å². The second kappa shape index (κ2) is 13.6. The lowest BCUT2D eigenvalue weighted by Crippen LogP contribution is -2.50. The van der Waals surface area contributed by atoms with Gasteiger partial charge in [0.25, 0.3) is 0 Å². The van der Waals surface area contributed by atoms with E-state index in [2.05, 4.69) is 41.6 Å². The molecule has 1 amide bonds. The van der Waals surface area contributed by atoms with Crippen LogP contribution in [-0.2, 0) is 4.79 Å². The Morgan fingerprint density at radius 2 is 1.64 bits per heavy atom. The van der Waals surface area contributed by atoms with Gasteiger partial charge in [0.2, 0.25) is 5.91 Å². The summed E-state index contributed by atoms with van der Waals surface area (Å²) in [5.41, 5.74) is 0.0816. The van der Waals surface area contributed by atoms with E-state index in [1.54, 1.807) is 0 Å². The zero-order chi connectivity index (χ0) is 19.5. The molecule has 0 atom stereocenters. The van der Waals surface area contributed by atoms with Gasteiger partial charge in [-0.3, -0.25) is 14.7 Å². The molecule has 3 N–H and O–H groups in total. The van der Waals surface area contributed by atoms with Gasteiger partial charge in [-0.25, -0.2) is 0 Å². The number of hydrogen-bond acceptors (Lipinski definition) is 3. The van der Waals surface area contributed by atoms with Gasteiger partial charge >= 0.3 is 0 Å². The van der Waals surface area contributed by atoms with Gasteiger partial charge in [-0.15, -0.1) is 24.0 Å². The second-order valence-electron chi connectivity index (χ2n) is 8.69. The van der Waals surface area contributed by atoms with Crippen molar-refractivity contribution in [3.63, 3.8) is 0 Å². The van der Waals surface area contributed by atoms with E-state index < -0.39 is 0 Å². The molecule has 0 unspecified atom stereocenters. The quantitative estimate of drug-likeness (QED) is 0.194. The Bertz CT molecular complexity index is 471. The highest BCUT2D eigenvalue weighted by atomic mass is 127. The third kappa shape index (κ3) is 9.29. The Labute approximate surface area is 189 Å². The van der Waals surface area contributed by atoms with E-state index >= 15 is 0 Å². The van der Waals surface area contributed by atoms with Gasteiger partial charge in [0, 0.05) is 31.6 Å². The molecule has 1 aliphatic carbocycles. The summed E-state index contributed by atoms with van der Waals surface area (Å²) in [6.45, 7) is 12.0. The normalized spacial score (nSPS) is 19.2. The maximum Gasteiger partial charge on any atom is 0.220 e. The molecule has 0 aromatic rings. The van der Waals surface area contributed by atoms with Crippen molar-refractivity contribution >= 4 is 35.8 Å². The number of amides is 1. The predicted molar refractivity (Wildman–Crippen MR) is 128 cm³/mol. The Hall–Kier alpha value is -0.570. The van der Waals surface area contributed by atoms with E-state index in [0.29, 0.717) is 25.4 Å². The van der Waals surface area contributed by atoms with Crippen molar-refractivity contribution in [1.29, 1.82) is 0 Å². The minimum absolute atomic E-state index is 0. The summed E-state index contributed by atoms with van der Waals surface area (Å²) in [6.07, 6.45) is 9.65. The summed E-state index contributed by atoms with van der Waals surface area (Å²) in [4.78, 5) is 19.4. The number of carbonyl (C=O) groups is 1. The largest absolute Gasteiger partial charge is 0.357 e. The monoisotopic (exact) mass is 507 g/mol. The number of carbonyl (C=O) groups excluding carboxylic acids is 1. The number of nitrogens with one attached hydrogen (secondary N) is 3. The van der Waals surface area contributed by atoms with Crippen molar-refractivity contribution in [2.45, 2.75) is 77.7 Å². The Balaban J connectivity index is 0.00000392.